The molecule has 2 rings (SSSR count). The SMILES string of the molecule is CN=C(NCC1CCN(C(=O)OC(C)(C)C)CC1)Nc1cccc(OCCCOC)c1.I. The first-order valence-corrected chi connectivity index (χ1v) is 11.0. The number of rotatable bonds is 8. The summed E-state index contributed by atoms with van der Waals surface area (Å²) in [5.74, 6) is 2.00. The van der Waals surface area contributed by atoms with Crippen LogP contribution in [0.15, 0.2) is 29.3 Å². The zero-order valence-corrected chi connectivity index (χ0v) is 22.3. The molecule has 1 heterocycles. The van der Waals surface area contributed by atoms with Crippen molar-refractivity contribution >= 4 is 41.7 Å². The minimum Gasteiger partial charge on any atom is -0.493 e. The molecule has 0 aromatic heterocycles. The molecule has 0 unspecified atom stereocenters. The van der Waals surface area contributed by atoms with Crippen LogP contribution in [0.3, 0.4) is 0 Å². The van der Waals surface area contributed by atoms with Gasteiger partial charge in [0.15, 0.2) is 5.96 Å². The van der Waals surface area contributed by atoms with Gasteiger partial charge in [0, 0.05) is 58.6 Å². The van der Waals surface area contributed by atoms with Gasteiger partial charge in [-0.25, -0.2) is 4.79 Å². The maximum Gasteiger partial charge on any atom is 0.410 e. The van der Waals surface area contributed by atoms with E-state index >= 15 is 0 Å². The number of benzene rings is 1. The van der Waals surface area contributed by atoms with E-state index in [0.717, 1.165) is 50.3 Å². The third-order valence-electron chi connectivity index (χ3n) is 4.91. The van der Waals surface area contributed by atoms with Gasteiger partial charge in [0.1, 0.15) is 11.4 Å². The van der Waals surface area contributed by atoms with Crippen LogP contribution >= 0.6 is 24.0 Å². The molecule has 0 saturated carbocycles. The van der Waals surface area contributed by atoms with Crippen LogP contribution in [-0.4, -0.2) is 69.6 Å². The van der Waals surface area contributed by atoms with Crippen molar-refractivity contribution in [2.45, 2.75) is 45.6 Å². The van der Waals surface area contributed by atoms with Crippen molar-refractivity contribution in [2.75, 3.05) is 52.3 Å². The Hall–Kier alpha value is -1.75. The highest BCUT2D eigenvalue weighted by Crippen LogP contribution is 2.20. The van der Waals surface area contributed by atoms with Crippen LogP contribution in [0.1, 0.15) is 40.0 Å². The number of methoxy groups -OCH3 is 1. The number of guanidine groups is 1. The van der Waals surface area contributed by atoms with Crippen LogP contribution in [0.2, 0.25) is 0 Å². The van der Waals surface area contributed by atoms with Gasteiger partial charge in [-0.3, -0.25) is 4.99 Å². The molecule has 1 aliphatic rings. The van der Waals surface area contributed by atoms with Gasteiger partial charge in [-0.1, -0.05) is 6.07 Å². The van der Waals surface area contributed by atoms with E-state index in [1.54, 1.807) is 19.1 Å². The summed E-state index contributed by atoms with van der Waals surface area (Å²) in [6.07, 6.45) is 2.51. The van der Waals surface area contributed by atoms with E-state index in [2.05, 4.69) is 15.6 Å². The summed E-state index contributed by atoms with van der Waals surface area (Å²) >= 11 is 0. The van der Waals surface area contributed by atoms with Crippen LogP contribution in [0.5, 0.6) is 5.75 Å². The van der Waals surface area contributed by atoms with E-state index < -0.39 is 5.60 Å². The summed E-state index contributed by atoms with van der Waals surface area (Å²) in [6, 6.07) is 7.83. The third-order valence-corrected chi connectivity index (χ3v) is 4.91. The summed E-state index contributed by atoms with van der Waals surface area (Å²) in [5.41, 5.74) is 0.456. The number of nitrogens with one attached hydrogen (secondary N) is 2. The van der Waals surface area contributed by atoms with Crippen molar-refractivity contribution in [1.82, 2.24) is 10.2 Å². The van der Waals surface area contributed by atoms with Crippen molar-refractivity contribution in [2.24, 2.45) is 10.9 Å². The molecule has 0 spiro atoms. The Kier molecular flexibility index (Phi) is 12.7. The minimum absolute atomic E-state index is 0. The Morgan fingerprint density at radius 1 is 1.22 bits per heavy atom. The smallest absolute Gasteiger partial charge is 0.410 e. The molecule has 1 aromatic rings. The summed E-state index contributed by atoms with van der Waals surface area (Å²) in [6.45, 7) is 9.22. The first-order valence-electron chi connectivity index (χ1n) is 11.0. The molecule has 8 nitrogen and oxygen atoms in total. The van der Waals surface area contributed by atoms with Crippen molar-refractivity contribution in [3.63, 3.8) is 0 Å². The Bertz CT molecular complexity index is 716. The Morgan fingerprint density at radius 3 is 2.56 bits per heavy atom. The van der Waals surface area contributed by atoms with E-state index in [1.165, 1.54) is 0 Å². The largest absolute Gasteiger partial charge is 0.493 e. The normalized spacial score (nSPS) is 15.0. The zero-order chi connectivity index (χ0) is 22.7. The maximum atomic E-state index is 12.2. The highest BCUT2D eigenvalue weighted by Gasteiger charge is 2.26. The van der Waals surface area contributed by atoms with Crippen LogP contribution < -0.4 is 15.4 Å². The van der Waals surface area contributed by atoms with E-state index in [0.29, 0.717) is 25.1 Å². The molecule has 2 N–H and O–H groups in total. The number of anilines is 1. The highest BCUT2D eigenvalue weighted by atomic mass is 127. The van der Waals surface area contributed by atoms with Crippen LogP contribution in [0.25, 0.3) is 0 Å². The second-order valence-corrected chi connectivity index (χ2v) is 8.71. The number of piperidine rings is 1. The van der Waals surface area contributed by atoms with Crippen molar-refractivity contribution < 1.29 is 19.0 Å². The quantitative estimate of drug-likeness (QED) is 0.212. The molecule has 1 fully saturated rings. The van der Waals surface area contributed by atoms with Crippen molar-refractivity contribution in [1.29, 1.82) is 0 Å². The lowest BCUT2D eigenvalue weighted by Crippen LogP contribution is -2.44. The number of likely N-dealkylation sites (tertiary alicyclic amines) is 1. The lowest BCUT2D eigenvalue weighted by molar-refractivity contribution is 0.0185. The number of nitrogens with zero attached hydrogens (tertiary/aromatic N) is 2. The lowest BCUT2D eigenvalue weighted by atomic mass is 9.97. The fourth-order valence-corrected chi connectivity index (χ4v) is 3.26. The van der Waals surface area contributed by atoms with Gasteiger partial charge in [0.05, 0.1) is 6.61 Å². The standard InChI is InChI=1S/C23H38N4O4.HI/c1-23(2,3)31-22(28)27-12-10-18(11-13-27)17-25-21(24-4)26-19-8-6-9-20(16-19)30-15-7-14-29-5;/h6,8-9,16,18H,7,10-15,17H2,1-5H3,(H2,24,25,26);1H. The molecule has 0 atom stereocenters. The predicted octanol–water partition coefficient (Wildman–Crippen LogP) is 4.35. The lowest BCUT2D eigenvalue weighted by Gasteiger charge is -2.33. The minimum atomic E-state index is -0.458. The van der Waals surface area contributed by atoms with Crippen LogP contribution in [0, 0.1) is 5.92 Å². The summed E-state index contributed by atoms with van der Waals surface area (Å²) in [4.78, 5) is 18.3. The highest BCUT2D eigenvalue weighted by molar-refractivity contribution is 14.0. The molecular formula is C23H39IN4O4. The monoisotopic (exact) mass is 562 g/mol. The topological polar surface area (TPSA) is 84.4 Å². The van der Waals surface area contributed by atoms with Gasteiger partial charge in [0.25, 0.3) is 0 Å². The fraction of sp³-hybridized carbons (Fsp3) is 0.652. The number of carbonyl (C=O) groups is 1. The van der Waals surface area contributed by atoms with Gasteiger partial charge >= 0.3 is 6.09 Å². The zero-order valence-electron chi connectivity index (χ0n) is 20.0. The average Bonchev–Trinajstić information content (AvgIpc) is 2.73. The molecule has 182 valence electrons. The van der Waals surface area contributed by atoms with Gasteiger partial charge < -0.3 is 29.7 Å². The second-order valence-electron chi connectivity index (χ2n) is 8.71. The molecule has 32 heavy (non-hydrogen) atoms. The van der Waals surface area contributed by atoms with Crippen LogP contribution in [0.4, 0.5) is 10.5 Å². The third kappa shape index (κ3) is 10.7. The number of hydrogen-bond acceptors (Lipinski definition) is 5. The Morgan fingerprint density at radius 2 is 1.94 bits per heavy atom. The number of carbonyl (C=O) groups excluding carboxylic acids is 1. The number of halogens is 1. The van der Waals surface area contributed by atoms with E-state index in [4.69, 9.17) is 14.2 Å². The molecule has 1 amide bonds. The van der Waals surface area contributed by atoms with Gasteiger partial charge in [-0.2, -0.15) is 0 Å². The molecular weight excluding hydrogens is 523 g/mol. The van der Waals surface area contributed by atoms with Crippen molar-refractivity contribution in [3.05, 3.63) is 24.3 Å². The molecule has 1 aromatic carbocycles. The first kappa shape index (κ1) is 28.3. The van der Waals surface area contributed by atoms with Crippen LogP contribution in [-0.2, 0) is 9.47 Å². The number of hydrogen-bond donors (Lipinski definition) is 2. The van der Waals surface area contributed by atoms with E-state index in [1.807, 2.05) is 45.0 Å². The number of aliphatic imine (C=N–C) groups is 1. The Balaban J connectivity index is 0.00000512. The molecule has 9 heteroatoms. The fourth-order valence-electron chi connectivity index (χ4n) is 3.26. The molecule has 0 radical (unpaired) electrons. The van der Waals surface area contributed by atoms with Crippen molar-refractivity contribution in [3.8, 4) is 5.75 Å². The molecule has 1 saturated heterocycles. The van der Waals surface area contributed by atoms with E-state index in [9.17, 15) is 4.79 Å². The molecule has 0 bridgehead atoms. The van der Waals surface area contributed by atoms with Gasteiger partial charge in [-0.05, 0) is 51.7 Å². The Labute approximate surface area is 209 Å². The maximum absolute atomic E-state index is 12.2. The molecule has 0 aliphatic carbocycles. The number of amides is 1. The van der Waals surface area contributed by atoms with Gasteiger partial charge in [-0.15, -0.1) is 24.0 Å². The summed E-state index contributed by atoms with van der Waals surface area (Å²) in [7, 11) is 3.44. The second kappa shape index (κ2) is 14.4. The number of ether oxygens (including phenoxy) is 3. The summed E-state index contributed by atoms with van der Waals surface area (Å²) in [5, 5.41) is 6.71. The summed E-state index contributed by atoms with van der Waals surface area (Å²) < 4.78 is 16.3. The van der Waals surface area contributed by atoms with E-state index in [-0.39, 0.29) is 30.1 Å². The average molecular weight is 562 g/mol. The first-order chi connectivity index (χ1) is 14.8. The molecule has 1 aliphatic heterocycles. The van der Waals surface area contributed by atoms with Gasteiger partial charge in [0.2, 0.25) is 0 Å². The predicted molar refractivity (Wildman–Crippen MR) is 139 cm³/mol.